The van der Waals surface area contributed by atoms with E-state index >= 15 is 0 Å². The van der Waals surface area contributed by atoms with Gasteiger partial charge in [0.2, 0.25) is 0 Å². The molecule has 0 aliphatic heterocycles. The van der Waals surface area contributed by atoms with Crippen LogP contribution in [0.2, 0.25) is 10.0 Å². The van der Waals surface area contributed by atoms with Crippen LogP contribution in [0.15, 0.2) is 18.2 Å². The maximum Gasteiger partial charge on any atom is 0.0439 e. The van der Waals surface area contributed by atoms with Crippen molar-refractivity contribution in [1.29, 1.82) is 0 Å². The number of likely N-dealkylation sites (N-methyl/N-ethyl adjacent to an activating group) is 1. The van der Waals surface area contributed by atoms with Gasteiger partial charge in [-0.2, -0.15) is 0 Å². The van der Waals surface area contributed by atoms with Crippen LogP contribution in [0.25, 0.3) is 0 Å². The number of nitrogens with one attached hydrogen (secondary N) is 1. The summed E-state index contributed by atoms with van der Waals surface area (Å²) in [5, 5.41) is 5.19. The van der Waals surface area contributed by atoms with Crippen molar-refractivity contribution in [3.63, 3.8) is 0 Å². The topological polar surface area (TPSA) is 12.0 Å². The highest BCUT2D eigenvalue weighted by molar-refractivity contribution is 6.33. The molecule has 20 heavy (non-hydrogen) atoms. The first-order valence-electron chi connectivity index (χ1n) is 7.80. The average molecular weight is 310 g/mol. The van der Waals surface area contributed by atoms with Crippen LogP contribution in [0.5, 0.6) is 0 Å². The third-order valence-electron chi connectivity index (χ3n) is 6.08. The SMILES string of the molecule is CNC(Cc1cc(Cl)ccc1Cl)C1C2C3CCC(C3)C21. The van der Waals surface area contributed by atoms with Crippen LogP contribution in [0, 0.1) is 29.6 Å². The first kappa shape index (κ1) is 13.4. The standard InChI is InChI=1S/C17H21Cl2N/c1-20-14(8-11-7-12(18)4-5-13(11)19)17-15-9-2-3-10(6-9)16(15)17/h4-5,7,9-10,14-17,20H,2-3,6,8H2,1H3. The first-order chi connectivity index (χ1) is 9.69. The van der Waals surface area contributed by atoms with Crippen LogP contribution in [0.3, 0.4) is 0 Å². The minimum absolute atomic E-state index is 0.560. The summed E-state index contributed by atoms with van der Waals surface area (Å²) in [6.45, 7) is 0. The summed E-state index contributed by atoms with van der Waals surface area (Å²) in [7, 11) is 2.10. The van der Waals surface area contributed by atoms with Crippen LogP contribution in [0.4, 0.5) is 0 Å². The monoisotopic (exact) mass is 309 g/mol. The van der Waals surface area contributed by atoms with E-state index in [1.807, 2.05) is 18.2 Å². The molecule has 1 nitrogen and oxygen atoms in total. The van der Waals surface area contributed by atoms with Gasteiger partial charge in [-0.15, -0.1) is 0 Å². The Morgan fingerprint density at radius 2 is 1.90 bits per heavy atom. The second-order valence-corrected chi connectivity index (χ2v) is 7.74. The molecular formula is C17H21Cl2N. The van der Waals surface area contributed by atoms with Gasteiger partial charge in [-0.25, -0.2) is 0 Å². The molecule has 1 N–H and O–H groups in total. The van der Waals surface area contributed by atoms with E-state index in [0.29, 0.717) is 6.04 Å². The predicted octanol–water partition coefficient (Wildman–Crippen LogP) is 4.42. The first-order valence-corrected chi connectivity index (χ1v) is 8.56. The second-order valence-electron chi connectivity index (χ2n) is 6.90. The highest BCUT2D eigenvalue weighted by Crippen LogP contribution is 2.70. The molecule has 3 aliphatic carbocycles. The summed E-state index contributed by atoms with van der Waals surface area (Å²) in [5.41, 5.74) is 1.19. The highest BCUT2D eigenvalue weighted by Gasteiger charge is 2.66. The molecule has 2 bridgehead atoms. The summed E-state index contributed by atoms with van der Waals surface area (Å²) >= 11 is 12.4. The van der Waals surface area contributed by atoms with Gasteiger partial charge in [0.1, 0.15) is 0 Å². The molecule has 0 radical (unpaired) electrons. The molecule has 0 amide bonds. The summed E-state index contributed by atoms with van der Waals surface area (Å²) in [6.07, 6.45) is 5.49. The smallest absolute Gasteiger partial charge is 0.0439 e. The number of hydrogen-bond acceptors (Lipinski definition) is 1. The fourth-order valence-electron chi connectivity index (χ4n) is 5.30. The van der Waals surface area contributed by atoms with E-state index in [-0.39, 0.29) is 0 Å². The van der Waals surface area contributed by atoms with E-state index in [4.69, 9.17) is 23.2 Å². The summed E-state index contributed by atoms with van der Waals surface area (Å²) in [4.78, 5) is 0. The van der Waals surface area contributed by atoms with Gasteiger partial charge in [-0.05, 0) is 86.1 Å². The van der Waals surface area contributed by atoms with Gasteiger partial charge in [0.25, 0.3) is 0 Å². The van der Waals surface area contributed by atoms with Crippen molar-refractivity contribution in [2.24, 2.45) is 29.6 Å². The number of fused-ring (bicyclic) bond motifs is 5. The minimum Gasteiger partial charge on any atom is -0.316 e. The van der Waals surface area contributed by atoms with Crippen molar-refractivity contribution in [2.45, 2.75) is 31.7 Å². The lowest BCUT2D eigenvalue weighted by Crippen LogP contribution is -2.32. The third kappa shape index (κ3) is 2.01. The number of hydrogen-bond donors (Lipinski definition) is 1. The van der Waals surface area contributed by atoms with Crippen molar-refractivity contribution < 1.29 is 0 Å². The summed E-state index contributed by atoms with van der Waals surface area (Å²) in [5.74, 6) is 4.94. The van der Waals surface area contributed by atoms with E-state index in [1.165, 1.54) is 24.8 Å². The Morgan fingerprint density at radius 3 is 2.55 bits per heavy atom. The lowest BCUT2D eigenvalue weighted by molar-refractivity contribution is 0.376. The molecule has 108 valence electrons. The summed E-state index contributed by atoms with van der Waals surface area (Å²) in [6, 6.07) is 6.38. The number of benzene rings is 1. The average Bonchev–Trinajstić information content (AvgIpc) is 2.87. The van der Waals surface area contributed by atoms with Crippen LogP contribution in [0.1, 0.15) is 24.8 Å². The Kier molecular flexibility index (Phi) is 3.29. The lowest BCUT2D eigenvalue weighted by atomic mass is 9.93. The van der Waals surface area contributed by atoms with Crippen LogP contribution >= 0.6 is 23.2 Å². The molecule has 0 spiro atoms. The van der Waals surface area contributed by atoms with Crippen molar-refractivity contribution in [3.8, 4) is 0 Å². The number of rotatable bonds is 4. The van der Waals surface area contributed by atoms with Crippen LogP contribution in [-0.2, 0) is 6.42 Å². The van der Waals surface area contributed by atoms with E-state index in [1.54, 1.807) is 0 Å². The van der Waals surface area contributed by atoms with Crippen LogP contribution < -0.4 is 5.32 Å². The molecule has 3 fully saturated rings. The molecule has 0 heterocycles. The van der Waals surface area contributed by atoms with Crippen molar-refractivity contribution in [2.75, 3.05) is 7.05 Å². The Labute approximate surface area is 131 Å². The maximum absolute atomic E-state index is 6.33. The molecule has 3 heteroatoms. The fraction of sp³-hybridized carbons (Fsp3) is 0.647. The molecular weight excluding hydrogens is 289 g/mol. The predicted molar refractivity (Wildman–Crippen MR) is 84.3 cm³/mol. The van der Waals surface area contributed by atoms with Gasteiger partial charge in [-0.3, -0.25) is 0 Å². The maximum atomic E-state index is 6.33. The van der Waals surface area contributed by atoms with Crippen LogP contribution in [-0.4, -0.2) is 13.1 Å². The van der Waals surface area contributed by atoms with E-state index in [2.05, 4.69) is 12.4 Å². The van der Waals surface area contributed by atoms with Crippen molar-refractivity contribution >= 4 is 23.2 Å². The second kappa shape index (κ2) is 4.90. The fourth-order valence-corrected chi connectivity index (χ4v) is 5.69. The molecule has 1 aromatic rings. The zero-order chi connectivity index (χ0) is 13.9. The van der Waals surface area contributed by atoms with Crippen molar-refractivity contribution in [3.05, 3.63) is 33.8 Å². The quantitative estimate of drug-likeness (QED) is 0.868. The van der Waals surface area contributed by atoms with Crippen molar-refractivity contribution in [1.82, 2.24) is 5.32 Å². The number of halogens is 2. The van der Waals surface area contributed by atoms with Gasteiger partial charge >= 0.3 is 0 Å². The molecule has 1 aromatic carbocycles. The third-order valence-corrected chi connectivity index (χ3v) is 6.68. The normalized spacial score (nSPS) is 38.9. The molecule has 4 rings (SSSR count). The highest BCUT2D eigenvalue weighted by atomic mass is 35.5. The van der Waals surface area contributed by atoms with Gasteiger partial charge < -0.3 is 5.32 Å². The zero-order valence-corrected chi connectivity index (χ0v) is 13.3. The zero-order valence-electron chi connectivity index (χ0n) is 11.8. The van der Waals surface area contributed by atoms with E-state index < -0.39 is 0 Å². The Balaban J connectivity index is 1.51. The molecule has 3 aliphatic rings. The Hall–Kier alpha value is -0.240. The Morgan fingerprint density at radius 1 is 1.20 bits per heavy atom. The van der Waals surface area contributed by atoms with E-state index in [9.17, 15) is 0 Å². The molecule has 5 atom stereocenters. The molecule has 3 saturated carbocycles. The minimum atomic E-state index is 0.560. The van der Waals surface area contributed by atoms with Gasteiger partial charge in [0, 0.05) is 16.1 Å². The molecule has 5 unspecified atom stereocenters. The van der Waals surface area contributed by atoms with Gasteiger partial charge in [0.15, 0.2) is 0 Å². The van der Waals surface area contributed by atoms with Gasteiger partial charge in [0.05, 0.1) is 0 Å². The summed E-state index contributed by atoms with van der Waals surface area (Å²) < 4.78 is 0. The molecule has 0 aromatic heterocycles. The lowest BCUT2D eigenvalue weighted by Gasteiger charge is -2.20. The van der Waals surface area contributed by atoms with Gasteiger partial charge in [-0.1, -0.05) is 23.2 Å². The largest absolute Gasteiger partial charge is 0.316 e. The van der Waals surface area contributed by atoms with E-state index in [0.717, 1.165) is 46.1 Å². The molecule has 0 saturated heterocycles. The Bertz CT molecular complexity index is 514.